The van der Waals surface area contributed by atoms with E-state index in [0.29, 0.717) is 11.5 Å². The predicted octanol–water partition coefficient (Wildman–Crippen LogP) is 1.78. The van der Waals surface area contributed by atoms with E-state index in [4.69, 9.17) is 14.0 Å². The summed E-state index contributed by atoms with van der Waals surface area (Å²) in [5.74, 6) is -0.699. The lowest BCUT2D eigenvalue weighted by molar-refractivity contribution is -0.146. The van der Waals surface area contributed by atoms with Crippen LogP contribution in [0.5, 0.6) is 0 Å². The van der Waals surface area contributed by atoms with Crippen LogP contribution < -0.4 is 5.32 Å². The number of nitrogens with one attached hydrogen (secondary N) is 1. The lowest BCUT2D eigenvalue weighted by Gasteiger charge is -2.18. The second kappa shape index (κ2) is 5.20. The largest absolute Gasteiger partial charge is 0.481 e. The van der Waals surface area contributed by atoms with E-state index < -0.39 is 17.3 Å². The highest BCUT2D eigenvalue weighted by molar-refractivity contribution is 5.93. The minimum Gasteiger partial charge on any atom is -0.481 e. The van der Waals surface area contributed by atoms with Crippen LogP contribution in [-0.2, 0) is 4.79 Å². The van der Waals surface area contributed by atoms with Crippen LogP contribution in [0.2, 0.25) is 0 Å². The summed E-state index contributed by atoms with van der Waals surface area (Å²) in [5, 5.41) is 15.1. The SMILES string of the molecule is CC(C)(CNC(=O)c1cc(-c2ccco2)on1)C(=O)O. The van der Waals surface area contributed by atoms with Gasteiger partial charge in [0.1, 0.15) is 0 Å². The van der Waals surface area contributed by atoms with E-state index >= 15 is 0 Å². The molecule has 0 unspecified atom stereocenters. The monoisotopic (exact) mass is 278 g/mol. The molecule has 1 amide bonds. The van der Waals surface area contributed by atoms with Crippen molar-refractivity contribution in [2.75, 3.05) is 6.54 Å². The van der Waals surface area contributed by atoms with Gasteiger partial charge >= 0.3 is 5.97 Å². The second-order valence-electron chi connectivity index (χ2n) is 4.93. The van der Waals surface area contributed by atoms with Gasteiger partial charge in [-0.1, -0.05) is 5.16 Å². The summed E-state index contributed by atoms with van der Waals surface area (Å²) in [7, 11) is 0. The summed E-state index contributed by atoms with van der Waals surface area (Å²) >= 11 is 0. The first kappa shape index (κ1) is 13.9. The molecule has 2 aromatic rings. The van der Waals surface area contributed by atoms with Crippen molar-refractivity contribution < 1.29 is 23.6 Å². The van der Waals surface area contributed by atoms with E-state index in [1.807, 2.05) is 0 Å². The maximum absolute atomic E-state index is 11.8. The topological polar surface area (TPSA) is 106 Å². The van der Waals surface area contributed by atoms with Gasteiger partial charge in [-0.15, -0.1) is 0 Å². The minimum absolute atomic E-state index is 0.00981. The van der Waals surface area contributed by atoms with Crippen LogP contribution in [0.25, 0.3) is 11.5 Å². The highest BCUT2D eigenvalue weighted by Gasteiger charge is 2.28. The third kappa shape index (κ3) is 2.87. The fourth-order valence-electron chi connectivity index (χ4n) is 1.38. The molecule has 0 saturated carbocycles. The number of furan rings is 1. The van der Waals surface area contributed by atoms with E-state index in [9.17, 15) is 9.59 Å². The summed E-state index contributed by atoms with van der Waals surface area (Å²) in [4.78, 5) is 22.8. The zero-order chi connectivity index (χ0) is 14.8. The number of carboxylic acid groups (broad SMARTS) is 1. The Morgan fingerprint density at radius 3 is 2.75 bits per heavy atom. The van der Waals surface area contributed by atoms with Gasteiger partial charge in [0, 0.05) is 12.6 Å². The van der Waals surface area contributed by atoms with Gasteiger partial charge in [-0.05, 0) is 26.0 Å². The second-order valence-corrected chi connectivity index (χ2v) is 4.93. The normalized spacial score (nSPS) is 11.3. The van der Waals surface area contributed by atoms with Crippen molar-refractivity contribution in [2.24, 2.45) is 5.41 Å². The van der Waals surface area contributed by atoms with Gasteiger partial charge in [-0.2, -0.15) is 0 Å². The molecule has 0 aliphatic rings. The standard InChI is InChI=1S/C13H14N2O5/c1-13(2,12(17)18)7-14-11(16)8-6-10(20-15-8)9-4-3-5-19-9/h3-6H,7H2,1-2H3,(H,14,16)(H,17,18). The first-order chi connectivity index (χ1) is 9.40. The summed E-state index contributed by atoms with van der Waals surface area (Å²) in [5.41, 5.74) is -0.985. The number of carboxylic acids is 1. The Bertz CT molecular complexity index is 613. The van der Waals surface area contributed by atoms with Crippen LogP contribution in [-0.4, -0.2) is 28.7 Å². The van der Waals surface area contributed by atoms with Crippen molar-refractivity contribution in [3.63, 3.8) is 0 Å². The van der Waals surface area contributed by atoms with E-state index in [1.165, 1.54) is 26.2 Å². The van der Waals surface area contributed by atoms with Crippen molar-refractivity contribution >= 4 is 11.9 Å². The Kier molecular flexibility index (Phi) is 3.60. The molecule has 2 heterocycles. The first-order valence-electron chi connectivity index (χ1n) is 5.92. The van der Waals surface area contributed by atoms with Crippen molar-refractivity contribution in [1.29, 1.82) is 0 Å². The summed E-state index contributed by atoms with van der Waals surface area (Å²) in [6.45, 7) is 3.03. The number of aromatic nitrogens is 1. The van der Waals surface area contributed by atoms with Gasteiger partial charge in [-0.25, -0.2) is 0 Å². The molecule has 106 valence electrons. The average Bonchev–Trinajstić information content (AvgIpc) is 3.05. The molecule has 0 aliphatic heterocycles. The fraction of sp³-hybridized carbons (Fsp3) is 0.308. The third-order valence-electron chi connectivity index (χ3n) is 2.78. The lowest BCUT2D eigenvalue weighted by atomic mass is 9.94. The minimum atomic E-state index is -1.05. The predicted molar refractivity (Wildman–Crippen MR) is 68.0 cm³/mol. The molecule has 0 aliphatic carbocycles. The Morgan fingerprint density at radius 1 is 1.40 bits per heavy atom. The Balaban J connectivity index is 2.02. The van der Waals surface area contributed by atoms with Crippen LogP contribution in [0, 0.1) is 5.41 Å². The van der Waals surface area contributed by atoms with Crippen LogP contribution in [0.1, 0.15) is 24.3 Å². The molecule has 0 radical (unpaired) electrons. The molecule has 7 heteroatoms. The molecular formula is C13H14N2O5. The maximum atomic E-state index is 11.8. The first-order valence-corrected chi connectivity index (χ1v) is 5.92. The van der Waals surface area contributed by atoms with Gasteiger partial charge in [0.15, 0.2) is 11.5 Å². The summed E-state index contributed by atoms with van der Waals surface area (Å²) < 4.78 is 10.1. The fourth-order valence-corrected chi connectivity index (χ4v) is 1.38. The number of carbonyl (C=O) groups is 2. The summed E-state index contributed by atoms with van der Waals surface area (Å²) in [6.07, 6.45) is 1.48. The number of rotatable bonds is 5. The molecule has 0 saturated heterocycles. The Labute approximate surface area is 114 Å². The molecule has 2 aromatic heterocycles. The molecule has 20 heavy (non-hydrogen) atoms. The zero-order valence-electron chi connectivity index (χ0n) is 11.0. The van der Waals surface area contributed by atoms with Crippen LogP contribution in [0.15, 0.2) is 33.4 Å². The molecule has 2 rings (SSSR count). The number of amides is 1. The Morgan fingerprint density at radius 2 is 2.15 bits per heavy atom. The van der Waals surface area contributed by atoms with E-state index in [2.05, 4.69) is 10.5 Å². The van der Waals surface area contributed by atoms with Crippen molar-refractivity contribution in [2.45, 2.75) is 13.8 Å². The number of carbonyl (C=O) groups excluding carboxylic acids is 1. The number of hydrogen-bond donors (Lipinski definition) is 2. The molecule has 0 fully saturated rings. The van der Waals surface area contributed by atoms with Crippen molar-refractivity contribution in [3.8, 4) is 11.5 Å². The van der Waals surface area contributed by atoms with Crippen LogP contribution >= 0.6 is 0 Å². The van der Waals surface area contributed by atoms with E-state index in [0.717, 1.165) is 0 Å². The molecule has 0 bridgehead atoms. The van der Waals surface area contributed by atoms with Crippen molar-refractivity contribution in [1.82, 2.24) is 10.5 Å². The lowest BCUT2D eigenvalue weighted by Crippen LogP contribution is -2.39. The quantitative estimate of drug-likeness (QED) is 0.863. The van der Waals surface area contributed by atoms with Crippen molar-refractivity contribution in [3.05, 3.63) is 30.2 Å². The molecule has 2 N–H and O–H groups in total. The molecular weight excluding hydrogens is 264 g/mol. The maximum Gasteiger partial charge on any atom is 0.310 e. The van der Waals surface area contributed by atoms with Gasteiger partial charge in [0.05, 0.1) is 11.7 Å². The van der Waals surface area contributed by atoms with Crippen LogP contribution in [0.3, 0.4) is 0 Å². The zero-order valence-corrected chi connectivity index (χ0v) is 11.0. The van der Waals surface area contributed by atoms with Gasteiger partial charge in [-0.3, -0.25) is 9.59 Å². The molecule has 0 atom stereocenters. The third-order valence-corrected chi connectivity index (χ3v) is 2.78. The van der Waals surface area contributed by atoms with Gasteiger partial charge in [0.2, 0.25) is 5.76 Å². The number of hydrogen-bond acceptors (Lipinski definition) is 5. The number of nitrogens with zero attached hydrogens (tertiary/aromatic N) is 1. The van der Waals surface area contributed by atoms with Gasteiger partial charge < -0.3 is 19.4 Å². The number of aliphatic carboxylic acids is 1. The van der Waals surface area contributed by atoms with E-state index in [-0.39, 0.29) is 12.2 Å². The Hall–Kier alpha value is -2.57. The highest BCUT2D eigenvalue weighted by atomic mass is 16.5. The smallest absolute Gasteiger partial charge is 0.310 e. The van der Waals surface area contributed by atoms with Gasteiger partial charge in [0.25, 0.3) is 5.91 Å². The molecule has 7 nitrogen and oxygen atoms in total. The molecule has 0 spiro atoms. The van der Waals surface area contributed by atoms with E-state index in [1.54, 1.807) is 12.1 Å². The highest BCUT2D eigenvalue weighted by Crippen LogP contribution is 2.20. The summed E-state index contributed by atoms with van der Waals surface area (Å²) in [6, 6.07) is 4.80. The van der Waals surface area contributed by atoms with Crippen LogP contribution in [0.4, 0.5) is 0 Å². The average molecular weight is 278 g/mol. The molecule has 0 aromatic carbocycles.